The van der Waals surface area contributed by atoms with Crippen molar-refractivity contribution in [2.75, 3.05) is 18.4 Å². The van der Waals surface area contributed by atoms with Gasteiger partial charge in [-0.3, -0.25) is 4.79 Å². The molecule has 6 nitrogen and oxygen atoms in total. The summed E-state index contributed by atoms with van der Waals surface area (Å²) in [4.78, 5) is 12.9. The van der Waals surface area contributed by atoms with Crippen molar-refractivity contribution >= 4 is 33.2 Å². The zero-order valence-corrected chi connectivity index (χ0v) is 18.1. The number of hydrogen-bond donors (Lipinski definition) is 1. The molecule has 0 unspecified atom stereocenters. The number of piperidine rings is 1. The van der Waals surface area contributed by atoms with Gasteiger partial charge in [0.1, 0.15) is 5.75 Å². The molecule has 0 radical (unpaired) electrons. The third-order valence-corrected chi connectivity index (χ3v) is 6.92. The maximum Gasteiger partial charge on any atom is 0.267 e. The number of rotatable bonds is 6. The van der Waals surface area contributed by atoms with Crippen LogP contribution < -0.4 is 10.1 Å². The van der Waals surface area contributed by atoms with Gasteiger partial charge in [-0.25, -0.2) is 8.42 Å². The van der Waals surface area contributed by atoms with Crippen molar-refractivity contribution in [3.8, 4) is 5.75 Å². The van der Waals surface area contributed by atoms with Gasteiger partial charge >= 0.3 is 0 Å². The van der Waals surface area contributed by atoms with E-state index in [2.05, 4.69) is 5.32 Å². The molecule has 1 fully saturated rings. The standard InChI is InChI=1S/C21H25ClN2O4S/c1-21(2,28-18-11-9-16(22)10-12-18)20(25)23-17-7-6-8-19(15-17)29(26,27)24-13-4-3-5-14-24/h6-12,15H,3-5,13-14H2,1-2H3,(H,23,25). The molecule has 0 aliphatic carbocycles. The van der Waals surface area contributed by atoms with Crippen LogP contribution in [0.1, 0.15) is 33.1 Å². The smallest absolute Gasteiger partial charge is 0.267 e. The van der Waals surface area contributed by atoms with Crippen molar-refractivity contribution in [1.82, 2.24) is 4.31 Å². The quantitative estimate of drug-likeness (QED) is 0.732. The predicted molar refractivity (Wildman–Crippen MR) is 114 cm³/mol. The van der Waals surface area contributed by atoms with Gasteiger partial charge in [-0.05, 0) is 69.2 Å². The molecule has 2 aromatic carbocycles. The van der Waals surface area contributed by atoms with Gasteiger partial charge < -0.3 is 10.1 Å². The summed E-state index contributed by atoms with van der Waals surface area (Å²) in [6.45, 7) is 4.35. The molecule has 1 aliphatic heterocycles. The van der Waals surface area contributed by atoms with Crippen LogP contribution in [0, 0.1) is 0 Å². The first-order valence-corrected chi connectivity index (χ1v) is 11.4. The van der Waals surface area contributed by atoms with Crippen LogP contribution in [-0.2, 0) is 14.8 Å². The van der Waals surface area contributed by atoms with E-state index in [9.17, 15) is 13.2 Å². The summed E-state index contributed by atoms with van der Waals surface area (Å²) in [6, 6.07) is 13.0. The summed E-state index contributed by atoms with van der Waals surface area (Å²) in [5, 5.41) is 3.33. The number of nitrogens with one attached hydrogen (secondary N) is 1. The van der Waals surface area contributed by atoms with Crippen LogP contribution in [0.2, 0.25) is 5.02 Å². The van der Waals surface area contributed by atoms with E-state index >= 15 is 0 Å². The number of hydrogen-bond acceptors (Lipinski definition) is 4. The average molecular weight is 437 g/mol. The second-order valence-electron chi connectivity index (χ2n) is 7.51. The van der Waals surface area contributed by atoms with Crippen molar-refractivity contribution in [3.05, 3.63) is 53.6 Å². The van der Waals surface area contributed by atoms with Gasteiger partial charge in [-0.2, -0.15) is 4.31 Å². The Balaban J connectivity index is 1.73. The molecule has 0 bridgehead atoms. The SMILES string of the molecule is CC(C)(Oc1ccc(Cl)cc1)C(=O)Nc1cccc(S(=O)(=O)N2CCCCC2)c1. The van der Waals surface area contributed by atoms with E-state index in [0.717, 1.165) is 19.3 Å². The molecule has 0 saturated carbocycles. The summed E-state index contributed by atoms with van der Waals surface area (Å²) in [5.41, 5.74) is -0.767. The van der Waals surface area contributed by atoms with Gasteiger partial charge in [-0.15, -0.1) is 0 Å². The molecule has 2 aromatic rings. The molecule has 1 aliphatic rings. The molecule has 1 heterocycles. The maximum absolute atomic E-state index is 12.9. The number of halogens is 1. The number of amides is 1. The lowest BCUT2D eigenvalue weighted by molar-refractivity contribution is -0.128. The molecular formula is C21H25ClN2O4S. The number of ether oxygens (including phenoxy) is 1. The summed E-state index contributed by atoms with van der Waals surface area (Å²) < 4.78 is 33.0. The number of anilines is 1. The molecular weight excluding hydrogens is 412 g/mol. The summed E-state index contributed by atoms with van der Waals surface area (Å²) in [6.07, 6.45) is 2.78. The third kappa shape index (κ3) is 5.29. The Bertz CT molecular complexity index is 968. The van der Waals surface area contributed by atoms with E-state index in [1.807, 2.05) is 0 Å². The van der Waals surface area contributed by atoms with Crippen molar-refractivity contribution in [2.24, 2.45) is 0 Å². The first kappa shape index (κ1) is 21.6. The van der Waals surface area contributed by atoms with Crippen molar-refractivity contribution in [3.63, 3.8) is 0 Å². The lowest BCUT2D eigenvalue weighted by Gasteiger charge is -2.27. The van der Waals surface area contributed by atoms with Crippen LogP contribution in [0.4, 0.5) is 5.69 Å². The van der Waals surface area contributed by atoms with E-state index < -0.39 is 15.6 Å². The molecule has 0 atom stereocenters. The Kier molecular flexibility index (Phi) is 6.51. The van der Waals surface area contributed by atoms with Gasteiger partial charge in [0, 0.05) is 23.8 Å². The van der Waals surface area contributed by atoms with Crippen LogP contribution in [0.15, 0.2) is 53.4 Å². The lowest BCUT2D eigenvalue weighted by Crippen LogP contribution is -2.42. The highest BCUT2D eigenvalue weighted by Crippen LogP contribution is 2.25. The predicted octanol–water partition coefficient (Wildman–Crippen LogP) is 4.31. The fourth-order valence-corrected chi connectivity index (χ4v) is 4.80. The van der Waals surface area contributed by atoms with Crippen molar-refractivity contribution < 1.29 is 17.9 Å². The topological polar surface area (TPSA) is 75.7 Å². The van der Waals surface area contributed by atoms with E-state index in [4.69, 9.17) is 16.3 Å². The summed E-state index contributed by atoms with van der Waals surface area (Å²) >= 11 is 5.87. The Morgan fingerprint density at radius 3 is 2.38 bits per heavy atom. The number of sulfonamides is 1. The molecule has 1 N–H and O–H groups in total. The Hall–Kier alpha value is -2.09. The molecule has 3 rings (SSSR count). The fraction of sp³-hybridized carbons (Fsp3) is 0.381. The highest BCUT2D eigenvalue weighted by atomic mass is 35.5. The van der Waals surface area contributed by atoms with Crippen molar-refractivity contribution in [2.45, 2.75) is 43.6 Å². The minimum absolute atomic E-state index is 0.175. The van der Waals surface area contributed by atoms with Crippen LogP contribution in [0.5, 0.6) is 5.75 Å². The Morgan fingerprint density at radius 1 is 1.07 bits per heavy atom. The van der Waals surface area contributed by atoms with Gasteiger partial charge in [0.25, 0.3) is 5.91 Å². The number of carbonyl (C=O) groups is 1. The van der Waals surface area contributed by atoms with Crippen LogP contribution >= 0.6 is 11.6 Å². The number of carbonyl (C=O) groups excluding carboxylic acids is 1. The zero-order chi connectivity index (χ0) is 21.1. The maximum atomic E-state index is 12.9. The van der Waals surface area contributed by atoms with E-state index in [1.165, 1.54) is 10.4 Å². The summed E-state index contributed by atoms with van der Waals surface area (Å²) in [7, 11) is -3.57. The van der Waals surface area contributed by atoms with Gasteiger partial charge in [0.2, 0.25) is 10.0 Å². The lowest BCUT2D eigenvalue weighted by atomic mass is 10.1. The summed E-state index contributed by atoms with van der Waals surface area (Å²) in [5.74, 6) is 0.121. The Morgan fingerprint density at radius 2 is 1.72 bits per heavy atom. The Labute approximate surface area is 176 Å². The van der Waals surface area contributed by atoms with Crippen LogP contribution in [0.25, 0.3) is 0 Å². The first-order chi connectivity index (χ1) is 13.7. The van der Waals surface area contributed by atoms with E-state index in [0.29, 0.717) is 29.5 Å². The molecule has 8 heteroatoms. The second kappa shape index (κ2) is 8.73. The highest BCUT2D eigenvalue weighted by molar-refractivity contribution is 7.89. The van der Waals surface area contributed by atoms with Gasteiger partial charge in [0.15, 0.2) is 5.60 Å². The third-order valence-electron chi connectivity index (χ3n) is 4.78. The molecule has 1 amide bonds. The monoisotopic (exact) mass is 436 g/mol. The largest absolute Gasteiger partial charge is 0.478 e. The van der Waals surface area contributed by atoms with E-state index in [1.54, 1.807) is 56.3 Å². The minimum atomic E-state index is -3.57. The van der Waals surface area contributed by atoms with E-state index in [-0.39, 0.29) is 10.8 Å². The number of nitrogens with zero attached hydrogens (tertiary/aromatic N) is 1. The zero-order valence-electron chi connectivity index (χ0n) is 16.5. The second-order valence-corrected chi connectivity index (χ2v) is 9.89. The highest BCUT2D eigenvalue weighted by Gasteiger charge is 2.31. The van der Waals surface area contributed by atoms with Crippen LogP contribution in [0.3, 0.4) is 0 Å². The van der Waals surface area contributed by atoms with Crippen LogP contribution in [-0.4, -0.2) is 37.3 Å². The average Bonchev–Trinajstić information content (AvgIpc) is 2.70. The number of benzene rings is 2. The molecule has 156 valence electrons. The molecule has 29 heavy (non-hydrogen) atoms. The normalized spacial score (nSPS) is 15.7. The fourth-order valence-electron chi connectivity index (χ4n) is 3.11. The minimum Gasteiger partial charge on any atom is -0.478 e. The van der Waals surface area contributed by atoms with Crippen molar-refractivity contribution in [1.29, 1.82) is 0 Å². The first-order valence-electron chi connectivity index (χ1n) is 9.55. The molecule has 1 saturated heterocycles. The molecule has 0 aromatic heterocycles. The van der Waals surface area contributed by atoms with Gasteiger partial charge in [-0.1, -0.05) is 24.1 Å². The molecule has 0 spiro atoms. The van der Waals surface area contributed by atoms with Gasteiger partial charge in [0.05, 0.1) is 4.90 Å².